The highest BCUT2D eigenvalue weighted by atomic mass is 35.5. The Balaban J connectivity index is 2.07. The van der Waals surface area contributed by atoms with Gasteiger partial charge in [0.05, 0.1) is 12.7 Å². The van der Waals surface area contributed by atoms with Gasteiger partial charge in [0.15, 0.2) is 0 Å². The van der Waals surface area contributed by atoms with Gasteiger partial charge in [-0.25, -0.2) is 0 Å². The highest BCUT2D eigenvalue weighted by Crippen LogP contribution is 2.22. The second-order valence-electron chi connectivity index (χ2n) is 4.98. The number of alkyl halides is 1. The van der Waals surface area contributed by atoms with E-state index in [1.807, 2.05) is 6.07 Å². The summed E-state index contributed by atoms with van der Waals surface area (Å²) < 4.78 is 5.65. The van der Waals surface area contributed by atoms with Crippen molar-refractivity contribution in [1.82, 2.24) is 4.90 Å². The summed E-state index contributed by atoms with van der Waals surface area (Å²) in [5.41, 5.74) is 2.36. The summed E-state index contributed by atoms with van der Waals surface area (Å²) in [5, 5.41) is 0.844. The molecular weight excluding hydrogens is 269 g/mol. The Morgan fingerprint density at radius 1 is 1.44 bits per heavy atom. The van der Waals surface area contributed by atoms with Crippen LogP contribution < -0.4 is 0 Å². The lowest BCUT2D eigenvalue weighted by molar-refractivity contribution is -0.0510. The predicted octanol–water partition coefficient (Wildman–Crippen LogP) is 3.48. The summed E-state index contributed by atoms with van der Waals surface area (Å²) in [7, 11) is 0. The van der Waals surface area contributed by atoms with Gasteiger partial charge in [-0.2, -0.15) is 0 Å². The molecule has 0 aromatic heterocycles. The molecule has 1 aromatic carbocycles. The Morgan fingerprint density at radius 2 is 2.22 bits per heavy atom. The number of hydrogen-bond acceptors (Lipinski definition) is 2. The molecule has 2 atom stereocenters. The number of rotatable bonds is 3. The first-order chi connectivity index (χ1) is 8.60. The fourth-order valence-electron chi connectivity index (χ4n) is 2.19. The minimum absolute atomic E-state index is 0.132. The first-order valence-corrected chi connectivity index (χ1v) is 7.18. The molecule has 1 aliphatic rings. The zero-order chi connectivity index (χ0) is 13.1. The third-order valence-corrected chi connectivity index (χ3v) is 4.08. The number of hydrogen-bond donors (Lipinski definition) is 0. The second kappa shape index (κ2) is 6.25. The van der Waals surface area contributed by atoms with Gasteiger partial charge in [0.2, 0.25) is 0 Å². The van der Waals surface area contributed by atoms with Crippen LogP contribution >= 0.6 is 23.2 Å². The maximum absolute atomic E-state index is 6.28. The van der Waals surface area contributed by atoms with Crippen LogP contribution in [-0.4, -0.2) is 36.1 Å². The Labute approximate surface area is 119 Å². The Morgan fingerprint density at radius 3 is 2.89 bits per heavy atom. The van der Waals surface area contributed by atoms with Crippen LogP contribution in [0, 0.1) is 6.92 Å². The van der Waals surface area contributed by atoms with Gasteiger partial charge in [-0.15, -0.1) is 11.6 Å². The van der Waals surface area contributed by atoms with E-state index in [2.05, 4.69) is 30.9 Å². The van der Waals surface area contributed by atoms with Gasteiger partial charge >= 0.3 is 0 Å². The van der Waals surface area contributed by atoms with Crippen LogP contribution in [-0.2, 0) is 11.3 Å². The molecule has 18 heavy (non-hydrogen) atoms. The molecule has 2 nitrogen and oxygen atoms in total. The largest absolute Gasteiger partial charge is 0.374 e. The van der Waals surface area contributed by atoms with E-state index in [1.165, 1.54) is 11.1 Å². The molecule has 2 rings (SSSR count). The molecule has 4 heteroatoms. The Hall–Kier alpha value is -0.280. The van der Waals surface area contributed by atoms with E-state index in [0.29, 0.717) is 11.9 Å². The van der Waals surface area contributed by atoms with Crippen LogP contribution in [0.25, 0.3) is 0 Å². The molecule has 1 fully saturated rings. The molecule has 1 saturated heterocycles. The van der Waals surface area contributed by atoms with Crippen molar-refractivity contribution < 1.29 is 4.74 Å². The molecule has 0 bridgehead atoms. The summed E-state index contributed by atoms with van der Waals surface area (Å²) in [6, 6.07) is 6.63. The molecule has 0 amide bonds. The van der Waals surface area contributed by atoms with Crippen LogP contribution in [0.15, 0.2) is 18.2 Å². The fourth-order valence-corrected chi connectivity index (χ4v) is 2.67. The molecule has 0 N–H and O–H groups in total. The maximum atomic E-state index is 6.28. The quantitative estimate of drug-likeness (QED) is 0.790. The highest BCUT2D eigenvalue weighted by Gasteiger charge is 2.25. The number of nitrogens with zero attached hydrogens (tertiary/aromatic N) is 1. The normalized spacial score (nSPS) is 25.3. The molecule has 1 aromatic rings. The summed E-state index contributed by atoms with van der Waals surface area (Å²) in [6.45, 7) is 6.69. The van der Waals surface area contributed by atoms with Gasteiger partial charge in [-0.3, -0.25) is 4.90 Å². The SMILES string of the molecule is Cc1ccc(CN2CC(CCl)OCC2C)c(Cl)c1. The number of aryl methyl sites for hydroxylation is 1. The number of morpholine rings is 1. The van der Waals surface area contributed by atoms with Gasteiger partial charge in [-0.05, 0) is 31.0 Å². The minimum Gasteiger partial charge on any atom is -0.374 e. The number of benzene rings is 1. The summed E-state index contributed by atoms with van der Waals surface area (Å²) >= 11 is 12.2. The average Bonchev–Trinajstić information content (AvgIpc) is 2.35. The zero-order valence-corrected chi connectivity index (χ0v) is 12.3. The third-order valence-electron chi connectivity index (χ3n) is 3.39. The number of ether oxygens (including phenoxy) is 1. The van der Waals surface area contributed by atoms with Gasteiger partial charge in [0.25, 0.3) is 0 Å². The van der Waals surface area contributed by atoms with Gasteiger partial charge in [0.1, 0.15) is 0 Å². The van der Waals surface area contributed by atoms with E-state index in [4.69, 9.17) is 27.9 Å². The summed E-state index contributed by atoms with van der Waals surface area (Å²) in [5.74, 6) is 0.546. The van der Waals surface area contributed by atoms with Crippen molar-refractivity contribution in [3.63, 3.8) is 0 Å². The second-order valence-corrected chi connectivity index (χ2v) is 5.70. The molecule has 0 radical (unpaired) electrons. The van der Waals surface area contributed by atoms with E-state index in [9.17, 15) is 0 Å². The summed E-state index contributed by atoms with van der Waals surface area (Å²) in [4.78, 5) is 2.38. The molecule has 1 aliphatic heterocycles. The van der Waals surface area contributed by atoms with E-state index >= 15 is 0 Å². The van der Waals surface area contributed by atoms with Crippen molar-refractivity contribution in [2.45, 2.75) is 32.5 Å². The van der Waals surface area contributed by atoms with Crippen LogP contribution in [0.3, 0.4) is 0 Å². The topological polar surface area (TPSA) is 12.5 Å². The lowest BCUT2D eigenvalue weighted by atomic mass is 10.1. The van der Waals surface area contributed by atoms with Crippen LogP contribution in [0.5, 0.6) is 0 Å². The third kappa shape index (κ3) is 3.39. The van der Waals surface area contributed by atoms with Crippen molar-refractivity contribution in [1.29, 1.82) is 0 Å². The standard InChI is InChI=1S/C14H19Cl2NO/c1-10-3-4-12(14(16)5-10)7-17-8-13(6-15)18-9-11(17)2/h3-5,11,13H,6-9H2,1-2H3. The Kier molecular flexibility index (Phi) is 4.91. The zero-order valence-electron chi connectivity index (χ0n) is 10.8. The highest BCUT2D eigenvalue weighted by molar-refractivity contribution is 6.31. The first-order valence-electron chi connectivity index (χ1n) is 6.26. The van der Waals surface area contributed by atoms with Crippen LogP contribution in [0.1, 0.15) is 18.1 Å². The van der Waals surface area contributed by atoms with E-state index in [-0.39, 0.29) is 6.10 Å². The maximum Gasteiger partial charge on any atom is 0.0838 e. The van der Waals surface area contributed by atoms with E-state index < -0.39 is 0 Å². The van der Waals surface area contributed by atoms with Gasteiger partial charge < -0.3 is 4.74 Å². The molecule has 0 aliphatic carbocycles. The molecular formula is C14H19Cl2NO. The first kappa shape index (κ1) is 14.1. The van der Waals surface area contributed by atoms with Crippen molar-refractivity contribution in [3.8, 4) is 0 Å². The molecule has 1 heterocycles. The smallest absolute Gasteiger partial charge is 0.0838 e. The minimum atomic E-state index is 0.132. The van der Waals surface area contributed by atoms with Crippen molar-refractivity contribution in [2.24, 2.45) is 0 Å². The lowest BCUT2D eigenvalue weighted by Gasteiger charge is -2.37. The van der Waals surface area contributed by atoms with E-state index in [1.54, 1.807) is 0 Å². The monoisotopic (exact) mass is 287 g/mol. The van der Waals surface area contributed by atoms with Gasteiger partial charge in [0, 0.05) is 30.0 Å². The molecule has 2 unspecified atom stereocenters. The lowest BCUT2D eigenvalue weighted by Crippen LogP contribution is -2.48. The van der Waals surface area contributed by atoms with Crippen molar-refractivity contribution >= 4 is 23.2 Å². The molecule has 0 spiro atoms. The van der Waals surface area contributed by atoms with Crippen LogP contribution in [0.4, 0.5) is 0 Å². The van der Waals surface area contributed by atoms with Crippen molar-refractivity contribution in [3.05, 3.63) is 34.3 Å². The molecule has 0 saturated carbocycles. The fraction of sp³-hybridized carbons (Fsp3) is 0.571. The van der Waals surface area contributed by atoms with Crippen molar-refractivity contribution in [2.75, 3.05) is 19.0 Å². The Bertz CT molecular complexity index is 411. The van der Waals surface area contributed by atoms with E-state index in [0.717, 1.165) is 24.7 Å². The van der Waals surface area contributed by atoms with Crippen LogP contribution in [0.2, 0.25) is 5.02 Å². The average molecular weight is 288 g/mol. The predicted molar refractivity (Wildman–Crippen MR) is 76.5 cm³/mol. The molecule has 100 valence electrons. The van der Waals surface area contributed by atoms with Gasteiger partial charge in [-0.1, -0.05) is 23.7 Å². The summed E-state index contributed by atoms with van der Waals surface area (Å²) in [6.07, 6.45) is 0.132. The number of halogens is 2.